The predicted octanol–water partition coefficient (Wildman–Crippen LogP) is 1.74. The number of carboxylic acids is 1. The third-order valence-electron chi connectivity index (χ3n) is 3.09. The standard InChI is InChI=1S/C13H16N2O2/c1-7-4-3-5-11-12(7)9(8(2)15-11)6-10(14)13(16)17/h3-5,10,15H,6,14H2,1-2H3,(H,16,17)/t10-/m0/s1. The predicted molar refractivity (Wildman–Crippen MR) is 67.1 cm³/mol. The Bertz CT molecular complexity index is 572. The molecule has 4 heteroatoms. The van der Waals surface area contributed by atoms with Crippen LogP contribution in [0.2, 0.25) is 0 Å². The van der Waals surface area contributed by atoms with Gasteiger partial charge in [-0.25, -0.2) is 0 Å². The number of H-pyrrole nitrogens is 1. The number of carboxylic acid groups (broad SMARTS) is 1. The molecule has 0 aliphatic rings. The summed E-state index contributed by atoms with van der Waals surface area (Å²) in [5, 5.41) is 9.98. The van der Waals surface area contributed by atoms with Gasteiger partial charge in [0, 0.05) is 23.0 Å². The minimum Gasteiger partial charge on any atom is -0.480 e. The molecule has 1 aromatic carbocycles. The van der Waals surface area contributed by atoms with Crippen molar-refractivity contribution in [3.63, 3.8) is 0 Å². The van der Waals surface area contributed by atoms with Crippen LogP contribution in [0.1, 0.15) is 16.8 Å². The fourth-order valence-electron chi connectivity index (χ4n) is 2.20. The first-order valence-corrected chi connectivity index (χ1v) is 5.56. The van der Waals surface area contributed by atoms with Gasteiger partial charge in [0.05, 0.1) is 0 Å². The lowest BCUT2D eigenvalue weighted by atomic mass is 10.0. The summed E-state index contributed by atoms with van der Waals surface area (Å²) in [5.41, 5.74) is 9.78. The van der Waals surface area contributed by atoms with Gasteiger partial charge in [-0.2, -0.15) is 0 Å². The molecule has 0 saturated heterocycles. The maximum Gasteiger partial charge on any atom is 0.320 e. The molecule has 0 aliphatic carbocycles. The van der Waals surface area contributed by atoms with E-state index in [1.807, 2.05) is 32.0 Å². The SMILES string of the molecule is Cc1[nH]c2cccc(C)c2c1C[C@H](N)C(=O)O. The normalized spacial score (nSPS) is 12.9. The van der Waals surface area contributed by atoms with E-state index in [2.05, 4.69) is 4.98 Å². The fourth-order valence-corrected chi connectivity index (χ4v) is 2.20. The Morgan fingerprint density at radius 2 is 2.18 bits per heavy atom. The van der Waals surface area contributed by atoms with Crippen LogP contribution in [0.3, 0.4) is 0 Å². The summed E-state index contributed by atoms with van der Waals surface area (Å²) < 4.78 is 0. The lowest BCUT2D eigenvalue weighted by Gasteiger charge is -2.07. The molecule has 0 fully saturated rings. The molecule has 0 aliphatic heterocycles. The van der Waals surface area contributed by atoms with E-state index in [9.17, 15) is 4.79 Å². The molecule has 0 bridgehead atoms. The van der Waals surface area contributed by atoms with Crippen molar-refractivity contribution in [2.45, 2.75) is 26.3 Å². The van der Waals surface area contributed by atoms with Crippen LogP contribution in [-0.4, -0.2) is 22.1 Å². The van der Waals surface area contributed by atoms with Crippen molar-refractivity contribution in [2.24, 2.45) is 5.73 Å². The number of carbonyl (C=O) groups is 1. The second kappa shape index (κ2) is 4.22. The van der Waals surface area contributed by atoms with Crippen LogP contribution in [-0.2, 0) is 11.2 Å². The van der Waals surface area contributed by atoms with E-state index in [0.29, 0.717) is 6.42 Å². The third kappa shape index (κ3) is 2.03. The first-order valence-electron chi connectivity index (χ1n) is 5.56. The summed E-state index contributed by atoms with van der Waals surface area (Å²) in [4.78, 5) is 14.1. The number of nitrogens with one attached hydrogen (secondary N) is 1. The summed E-state index contributed by atoms with van der Waals surface area (Å²) in [7, 11) is 0. The van der Waals surface area contributed by atoms with Gasteiger partial charge in [-0.05, 0) is 31.0 Å². The van der Waals surface area contributed by atoms with Crippen molar-refractivity contribution in [2.75, 3.05) is 0 Å². The van der Waals surface area contributed by atoms with E-state index >= 15 is 0 Å². The van der Waals surface area contributed by atoms with Crippen molar-refractivity contribution < 1.29 is 9.90 Å². The third-order valence-corrected chi connectivity index (χ3v) is 3.09. The topological polar surface area (TPSA) is 79.1 Å². The molecule has 4 nitrogen and oxygen atoms in total. The zero-order valence-corrected chi connectivity index (χ0v) is 9.95. The summed E-state index contributed by atoms with van der Waals surface area (Å²) in [6, 6.07) is 5.14. The number of hydrogen-bond acceptors (Lipinski definition) is 2. The minimum atomic E-state index is -0.965. The number of fused-ring (bicyclic) bond motifs is 1. The molecular weight excluding hydrogens is 216 g/mol. The molecule has 0 unspecified atom stereocenters. The largest absolute Gasteiger partial charge is 0.480 e. The zero-order valence-electron chi connectivity index (χ0n) is 9.95. The van der Waals surface area contributed by atoms with Gasteiger partial charge < -0.3 is 15.8 Å². The Labute approximate surface area is 99.4 Å². The number of aryl methyl sites for hydroxylation is 2. The van der Waals surface area contributed by atoms with Gasteiger partial charge in [0.1, 0.15) is 6.04 Å². The van der Waals surface area contributed by atoms with Gasteiger partial charge >= 0.3 is 5.97 Å². The number of benzene rings is 1. The molecule has 17 heavy (non-hydrogen) atoms. The van der Waals surface area contributed by atoms with Gasteiger partial charge in [-0.3, -0.25) is 4.79 Å². The molecule has 1 aromatic heterocycles. The molecular formula is C13H16N2O2. The van der Waals surface area contributed by atoms with Gasteiger partial charge in [0.25, 0.3) is 0 Å². The van der Waals surface area contributed by atoms with Crippen LogP contribution in [0.4, 0.5) is 0 Å². The average Bonchev–Trinajstić information content (AvgIpc) is 2.56. The summed E-state index contributed by atoms with van der Waals surface area (Å²) in [6.45, 7) is 3.97. The van der Waals surface area contributed by atoms with E-state index in [-0.39, 0.29) is 0 Å². The molecule has 0 amide bonds. The highest BCUT2D eigenvalue weighted by Crippen LogP contribution is 2.26. The quantitative estimate of drug-likeness (QED) is 0.754. The second-order valence-corrected chi connectivity index (χ2v) is 4.37. The molecule has 2 rings (SSSR count). The van der Waals surface area contributed by atoms with Crippen molar-refractivity contribution >= 4 is 16.9 Å². The molecule has 2 aromatic rings. The van der Waals surface area contributed by atoms with Crippen LogP contribution in [0.15, 0.2) is 18.2 Å². The van der Waals surface area contributed by atoms with Gasteiger partial charge in [-0.15, -0.1) is 0 Å². The Hall–Kier alpha value is -1.81. The summed E-state index contributed by atoms with van der Waals surface area (Å²) in [6.07, 6.45) is 0.353. The summed E-state index contributed by atoms with van der Waals surface area (Å²) in [5.74, 6) is -0.965. The number of aromatic amines is 1. The van der Waals surface area contributed by atoms with Crippen molar-refractivity contribution in [3.05, 3.63) is 35.0 Å². The number of aromatic nitrogens is 1. The Morgan fingerprint density at radius 1 is 1.47 bits per heavy atom. The highest BCUT2D eigenvalue weighted by atomic mass is 16.4. The average molecular weight is 232 g/mol. The minimum absolute atomic E-state index is 0.353. The molecule has 1 heterocycles. The monoisotopic (exact) mass is 232 g/mol. The van der Waals surface area contributed by atoms with E-state index in [1.54, 1.807) is 0 Å². The first-order chi connectivity index (χ1) is 8.00. The molecule has 4 N–H and O–H groups in total. The highest BCUT2D eigenvalue weighted by molar-refractivity contribution is 5.88. The Balaban J connectivity index is 2.53. The first kappa shape index (κ1) is 11.7. The number of nitrogens with two attached hydrogens (primary N) is 1. The number of rotatable bonds is 3. The maximum absolute atomic E-state index is 10.8. The molecule has 0 radical (unpaired) electrons. The molecule has 0 spiro atoms. The Kier molecular flexibility index (Phi) is 2.90. The lowest BCUT2D eigenvalue weighted by molar-refractivity contribution is -0.138. The van der Waals surface area contributed by atoms with Crippen LogP contribution in [0.25, 0.3) is 10.9 Å². The van der Waals surface area contributed by atoms with Gasteiger partial charge in [-0.1, -0.05) is 12.1 Å². The fraction of sp³-hybridized carbons (Fsp3) is 0.308. The molecule has 1 atom stereocenters. The second-order valence-electron chi connectivity index (χ2n) is 4.37. The highest BCUT2D eigenvalue weighted by Gasteiger charge is 2.17. The Morgan fingerprint density at radius 3 is 2.82 bits per heavy atom. The summed E-state index contributed by atoms with van der Waals surface area (Å²) >= 11 is 0. The number of aliphatic carboxylic acids is 1. The van der Waals surface area contributed by atoms with Crippen LogP contribution in [0, 0.1) is 13.8 Å². The lowest BCUT2D eigenvalue weighted by Crippen LogP contribution is -2.32. The van der Waals surface area contributed by atoms with E-state index in [0.717, 1.165) is 27.7 Å². The van der Waals surface area contributed by atoms with E-state index in [4.69, 9.17) is 10.8 Å². The van der Waals surface area contributed by atoms with Crippen LogP contribution < -0.4 is 5.73 Å². The number of hydrogen-bond donors (Lipinski definition) is 3. The zero-order chi connectivity index (χ0) is 12.6. The van der Waals surface area contributed by atoms with E-state index in [1.165, 1.54) is 0 Å². The molecule has 90 valence electrons. The van der Waals surface area contributed by atoms with Crippen molar-refractivity contribution in [3.8, 4) is 0 Å². The molecule has 0 saturated carbocycles. The van der Waals surface area contributed by atoms with Crippen molar-refractivity contribution in [1.82, 2.24) is 4.98 Å². The van der Waals surface area contributed by atoms with E-state index < -0.39 is 12.0 Å². The van der Waals surface area contributed by atoms with Gasteiger partial charge in [0.2, 0.25) is 0 Å². The smallest absolute Gasteiger partial charge is 0.320 e. The van der Waals surface area contributed by atoms with Crippen LogP contribution in [0.5, 0.6) is 0 Å². The van der Waals surface area contributed by atoms with Gasteiger partial charge in [0.15, 0.2) is 0 Å². The van der Waals surface area contributed by atoms with Crippen LogP contribution >= 0.6 is 0 Å². The van der Waals surface area contributed by atoms with Crippen molar-refractivity contribution in [1.29, 1.82) is 0 Å². The maximum atomic E-state index is 10.8.